The molecule has 1 unspecified atom stereocenters. The average Bonchev–Trinajstić information content (AvgIpc) is 2.87. The van der Waals surface area contributed by atoms with Crippen molar-refractivity contribution in [1.29, 1.82) is 0 Å². The van der Waals surface area contributed by atoms with E-state index in [4.69, 9.17) is 16.3 Å². The van der Waals surface area contributed by atoms with Gasteiger partial charge >= 0.3 is 0 Å². The smallest absolute Gasteiger partial charge is 0.253 e. The van der Waals surface area contributed by atoms with E-state index in [1.165, 1.54) is 0 Å². The number of hydrogen-bond acceptors (Lipinski definition) is 3. The molecule has 0 bridgehead atoms. The molecule has 4 rings (SSSR count). The van der Waals surface area contributed by atoms with Crippen molar-refractivity contribution >= 4 is 23.4 Å². The Balaban J connectivity index is 1.41. The SMILES string of the molecule is COc1ccc(C(=O)N2CCCC(c3cccc(C(=O)NCc4cccc(Cl)c4)c3)C2)cc1. The lowest BCUT2D eigenvalue weighted by molar-refractivity contribution is 0.0706. The maximum Gasteiger partial charge on any atom is 0.253 e. The summed E-state index contributed by atoms with van der Waals surface area (Å²) in [5.41, 5.74) is 3.31. The van der Waals surface area contributed by atoms with E-state index in [1.807, 2.05) is 53.4 Å². The van der Waals surface area contributed by atoms with Crippen LogP contribution in [0.3, 0.4) is 0 Å². The van der Waals surface area contributed by atoms with E-state index in [0.717, 1.165) is 36.3 Å². The van der Waals surface area contributed by atoms with Crippen LogP contribution in [0.4, 0.5) is 0 Å². The first kappa shape index (κ1) is 22.9. The molecule has 0 aromatic heterocycles. The molecule has 1 N–H and O–H groups in total. The lowest BCUT2D eigenvalue weighted by atomic mass is 9.89. The van der Waals surface area contributed by atoms with Gasteiger partial charge < -0.3 is 15.0 Å². The number of nitrogens with one attached hydrogen (secondary N) is 1. The number of benzene rings is 3. The molecule has 0 saturated carbocycles. The van der Waals surface area contributed by atoms with Gasteiger partial charge in [-0.05, 0) is 72.5 Å². The van der Waals surface area contributed by atoms with Gasteiger partial charge in [0.05, 0.1) is 7.11 Å². The highest BCUT2D eigenvalue weighted by Crippen LogP contribution is 2.28. The summed E-state index contributed by atoms with van der Waals surface area (Å²) >= 11 is 6.02. The molecule has 1 saturated heterocycles. The van der Waals surface area contributed by atoms with E-state index >= 15 is 0 Å². The van der Waals surface area contributed by atoms with Crippen molar-refractivity contribution in [3.05, 3.63) is 100 Å². The molecular formula is C27H27ClN2O3. The fourth-order valence-corrected chi connectivity index (χ4v) is 4.43. The number of methoxy groups -OCH3 is 1. The number of likely N-dealkylation sites (tertiary alicyclic amines) is 1. The summed E-state index contributed by atoms with van der Waals surface area (Å²) in [6, 6.07) is 22.4. The first-order valence-corrected chi connectivity index (χ1v) is 11.5. The van der Waals surface area contributed by atoms with Crippen molar-refractivity contribution in [3.63, 3.8) is 0 Å². The molecule has 6 heteroatoms. The molecule has 3 aromatic carbocycles. The van der Waals surface area contributed by atoms with Gasteiger partial charge in [0.15, 0.2) is 0 Å². The van der Waals surface area contributed by atoms with E-state index in [0.29, 0.717) is 29.2 Å². The van der Waals surface area contributed by atoms with Gasteiger partial charge in [-0.15, -0.1) is 0 Å². The highest BCUT2D eigenvalue weighted by atomic mass is 35.5. The molecule has 3 aromatic rings. The van der Waals surface area contributed by atoms with E-state index in [2.05, 4.69) is 5.32 Å². The minimum Gasteiger partial charge on any atom is -0.497 e. The Morgan fingerprint density at radius 1 is 1.03 bits per heavy atom. The van der Waals surface area contributed by atoms with Gasteiger partial charge in [-0.1, -0.05) is 35.9 Å². The Bertz CT molecular complexity index is 1130. The van der Waals surface area contributed by atoms with E-state index in [-0.39, 0.29) is 17.7 Å². The summed E-state index contributed by atoms with van der Waals surface area (Å²) in [7, 11) is 1.61. The van der Waals surface area contributed by atoms with Crippen molar-refractivity contribution in [2.24, 2.45) is 0 Å². The zero-order valence-electron chi connectivity index (χ0n) is 18.6. The molecule has 1 aliphatic heterocycles. The van der Waals surface area contributed by atoms with Crippen LogP contribution in [0.15, 0.2) is 72.8 Å². The Kier molecular flexibility index (Phi) is 7.30. The number of amides is 2. The number of carbonyl (C=O) groups excluding carboxylic acids is 2. The van der Waals surface area contributed by atoms with Gasteiger partial charge in [-0.25, -0.2) is 0 Å². The third-order valence-electron chi connectivity index (χ3n) is 6.01. The Labute approximate surface area is 199 Å². The Hall–Kier alpha value is -3.31. The lowest BCUT2D eigenvalue weighted by Crippen LogP contribution is -2.39. The second-order valence-electron chi connectivity index (χ2n) is 8.26. The van der Waals surface area contributed by atoms with Gasteiger partial charge in [0.25, 0.3) is 11.8 Å². The quantitative estimate of drug-likeness (QED) is 0.541. The van der Waals surface area contributed by atoms with Gasteiger partial charge in [0.1, 0.15) is 5.75 Å². The summed E-state index contributed by atoms with van der Waals surface area (Å²) < 4.78 is 5.18. The Morgan fingerprint density at radius 2 is 1.82 bits per heavy atom. The maximum absolute atomic E-state index is 13.0. The van der Waals surface area contributed by atoms with Gasteiger partial charge in [0.2, 0.25) is 0 Å². The van der Waals surface area contributed by atoms with Gasteiger partial charge in [-0.2, -0.15) is 0 Å². The number of rotatable bonds is 6. The van der Waals surface area contributed by atoms with Crippen LogP contribution in [0.2, 0.25) is 5.02 Å². The number of hydrogen-bond donors (Lipinski definition) is 1. The van der Waals surface area contributed by atoms with E-state index in [9.17, 15) is 9.59 Å². The summed E-state index contributed by atoms with van der Waals surface area (Å²) in [6.07, 6.45) is 1.91. The average molecular weight is 463 g/mol. The third-order valence-corrected chi connectivity index (χ3v) is 6.24. The standard InChI is InChI=1S/C27H27ClN2O3/c1-33-25-12-10-20(11-13-25)27(32)30-14-4-8-23(18-30)21-6-3-7-22(16-21)26(31)29-17-19-5-2-9-24(28)15-19/h2-3,5-7,9-13,15-16,23H,4,8,14,17-18H2,1H3,(H,29,31). The number of halogens is 1. The van der Waals surface area contributed by atoms with Crippen LogP contribution in [-0.2, 0) is 6.54 Å². The fourth-order valence-electron chi connectivity index (χ4n) is 4.22. The molecule has 170 valence electrons. The van der Waals surface area contributed by atoms with Crippen LogP contribution >= 0.6 is 11.6 Å². The van der Waals surface area contributed by atoms with Crippen LogP contribution in [0.25, 0.3) is 0 Å². The zero-order chi connectivity index (χ0) is 23.2. The maximum atomic E-state index is 13.0. The highest BCUT2D eigenvalue weighted by molar-refractivity contribution is 6.30. The van der Waals surface area contributed by atoms with Crippen LogP contribution in [0.5, 0.6) is 5.75 Å². The monoisotopic (exact) mass is 462 g/mol. The summed E-state index contributed by atoms with van der Waals surface area (Å²) in [4.78, 5) is 27.6. The molecule has 0 radical (unpaired) electrons. The normalized spacial score (nSPS) is 15.7. The molecule has 5 nitrogen and oxygen atoms in total. The van der Waals surface area contributed by atoms with Crippen LogP contribution in [0.1, 0.15) is 50.6 Å². The largest absolute Gasteiger partial charge is 0.497 e. The lowest BCUT2D eigenvalue weighted by Gasteiger charge is -2.33. The summed E-state index contributed by atoms with van der Waals surface area (Å²) in [5, 5.41) is 3.61. The molecule has 1 fully saturated rings. The molecule has 0 spiro atoms. The van der Waals surface area contributed by atoms with Crippen LogP contribution in [0, 0.1) is 0 Å². The molecule has 33 heavy (non-hydrogen) atoms. The summed E-state index contributed by atoms with van der Waals surface area (Å²) in [5.74, 6) is 0.826. The first-order valence-electron chi connectivity index (χ1n) is 11.1. The summed E-state index contributed by atoms with van der Waals surface area (Å²) in [6.45, 7) is 1.79. The number of ether oxygens (including phenoxy) is 1. The molecule has 1 heterocycles. The predicted octanol–water partition coefficient (Wildman–Crippen LogP) is 5.30. The van der Waals surface area contributed by atoms with E-state index in [1.54, 1.807) is 31.4 Å². The predicted molar refractivity (Wildman–Crippen MR) is 130 cm³/mol. The molecule has 1 atom stereocenters. The molecule has 1 aliphatic rings. The third kappa shape index (κ3) is 5.74. The van der Waals surface area contributed by atoms with Crippen molar-refractivity contribution < 1.29 is 14.3 Å². The number of carbonyl (C=O) groups is 2. The minimum absolute atomic E-state index is 0.0257. The van der Waals surface area contributed by atoms with Crippen LogP contribution < -0.4 is 10.1 Å². The fraction of sp³-hybridized carbons (Fsp3) is 0.259. The van der Waals surface area contributed by atoms with Gasteiger partial charge in [0, 0.05) is 41.7 Å². The zero-order valence-corrected chi connectivity index (χ0v) is 19.3. The number of nitrogens with zero attached hydrogens (tertiary/aromatic N) is 1. The van der Waals surface area contributed by atoms with Crippen molar-refractivity contribution in [3.8, 4) is 5.75 Å². The van der Waals surface area contributed by atoms with E-state index < -0.39 is 0 Å². The molecular weight excluding hydrogens is 436 g/mol. The second kappa shape index (κ2) is 10.5. The van der Waals surface area contributed by atoms with Crippen molar-refractivity contribution in [1.82, 2.24) is 10.2 Å². The molecule has 2 amide bonds. The Morgan fingerprint density at radius 3 is 2.58 bits per heavy atom. The van der Waals surface area contributed by atoms with Crippen LogP contribution in [-0.4, -0.2) is 36.9 Å². The van der Waals surface area contributed by atoms with Crippen molar-refractivity contribution in [2.75, 3.05) is 20.2 Å². The van der Waals surface area contributed by atoms with Gasteiger partial charge in [-0.3, -0.25) is 9.59 Å². The molecule has 0 aliphatic carbocycles. The first-order chi connectivity index (χ1) is 16.0. The van der Waals surface area contributed by atoms with Crippen molar-refractivity contribution in [2.45, 2.75) is 25.3 Å². The topological polar surface area (TPSA) is 58.6 Å². The highest BCUT2D eigenvalue weighted by Gasteiger charge is 2.26. The minimum atomic E-state index is -0.126. The number of piperidine rings is 1. The second-order valence-corrected chi connectivity index (χ2v) is 8.69.